The number of hydrogen-bond acceptors (Lipinski definition) is 6. The molecule has 0 saturated carbocycles. The van der Waals surface area contributed by atoms with Gasteiger partial charge in [-0.1, -0.05) is 31.2 Å². The van der Waals surface area contributed by atoms with Crippen LogP contribution in [0.5, 0.6) is 5.75 Å². The largest absolute Gasteiger partial charge is 0.477 e. The Morgan fingerprint density at radius 1 is 1.15 bits per heavy atom. The molecule has 5 rings (SSSR count). The van der Waals surface area contributed by atoms with E-state index >= 15 is 0 Å². The number of para-hydroxylation sites is 3. The van der Waals surface area contributed by atoms with E-state index in [4.69, 9.17) is 9.72 Å². The number of carbonyl (C=O) groups is 2. The third kappa shape index (κ3) is 4.73. The van der Waals surface area contributed by atoms with E-state index in [1.807, 2.05) is 59.2 Å². The van der Waals surface area contributed by atoms with E-state index in [0.717, 1.165) is 42.0 Å². The fourth-order valence-corrected chi connectivity index (χ4v) is 5.78. The molecule has 3 heterocycles. The highest BCUT2D eigenvalue weighted by atomic mass is 32.1. The molecular weight excluding hydrogens is 448 g/mol. The summed E-state index contributed by atoms with van der Waals surface area (Å²) >= 11 is 1.73. The van der Waals surface area contributed by atoms with E-state index in [0.29, 0.717) is 25.4 Å². The van der Waals surface area contributed by atoms with Crippen LogP contribution >= 0.6 is 11.3 Å². The summed E-state index contributed by atoms with van der Waals surface area (Å²) in [7, 11) is 0. The van der Waals surface area contributed by atoms with Crippen molar-refractivity contribution in [1.29, 1.82) is 0 Å². The summed E-state index contributed by atoms with van der Waals surface area (Å²) in [6.45, 7) is 4.65. The molecule has 0 aliphatic carbocycles. The molecule has 1 N–H and O–H groups in total. The number of rotatable bonds is 6. The first kappa shape index (κ1) is 22.7. The average molecular weight is 479 g/mol. The molecule has 3 aromatic rings. The zero-order valence-corrected chi connectivity index (χ0v) is 20.2. The Balaban J connectivity index is 1.29. The lowest BCUT2D eigenvalue weighted by molar-refractivity contribution is -0.132. The molecule has 1 fully saturated rings. The molecule has 2 atom stereocenters. The van der Waals surface area contributed by atoms with Crippen LogP contribution in [0.25, 0.3) is 10.2 Å². The van der Waals surface area contributed by atoms with Gasteiger partial charge in [0.2, 0.25) is 5.91 Å². The van der Waals surface area contributed by atoms with Crippen LogP contribution in [0, 0.1) is 0 Å². The van der Waals surface area contributed by atoms with Crippen LogP contribution in [-0.4, -0.2) is 60.5 Å². The van der Waals surface area contributed by atoms with E-state index < -0.39 is 6.10 Å². The lowest BCUT2D eigenvalue weighted by atomic mass is 9.98. The molecule has 0 bridgehead atoms. The van der Waals surface area contributed by atoms with Crippen molar-refractivity contribution >= 4 is 39.1 Å². The van der Waals surface area contributed by atoms with Crippen LogP contribution in [0.15, 0.2) is 48.5 Å². The zero-order chi connectivity index (χ0) is 23.5. The van der Waals surface area contributed by atoms with Crippen LogP contribution in [-0.2, 0) is 9.59 Å². The summed E-state index contributed by atoms with van der Waals surface area (Å²) in [6.07, 6.45) is 2.24. The summed E-state index contributed by atoms with van der Waals surface area (Å²) in [5, 5.41) is 4.03. The highest BCUT2D eigenvalue weighted by molar-refractivity contribution is 7.18. The van der Waals surface area contributed by atoms with Crippen LogP contribution in [0.4, 0.5) is 5.69 Å². The zero-order valence-electron chi connectivity index (χ0n) is 19.4. The van der Waals surface area contributed by atoms with Gasteiger partial charge in [-0.2, -0.15) is 0 Å². The first-order valence-electron chi connectivity index (χ1n) is 12.0. The lowest BCUT2D eigenvalue weighted by Crippen LogP contribution is -2.52. The van der Waals surface area contributed by atoms with Crippen molar-refractivity contribution in [3.63, 3.8) is 0 Å². The van der Waals surface area contributed by atoms with Crippen molar-refractivity contribution in [3.05, 3.63) is 53.5 Å². The number of fused-ring (bicyclic) bond motifs is 2. The van der Waals surface area contributed by atoms with E-state index in [2.05, 4.69) is 11.4 Å². The number of nitrogens with zero attached hydrogens (tertiary/aromatic N) is 3. The third-order valence-corrected chi connectivity index (χ3v) is 7.66. The maximum Gasteiger partial charge on any atom is 0.262 e. The standard InChI is InChI=1S/C26H30N4O3S/c1-2-13-27-25(32)22-16-30(20-10-4-5-11-21(20)33-22)17-24(31)29-14-7-8-18(15-29)26-28-19-9-3-6-12-23(19)34-26/h3-6,9-12,18,22H,2,7-8,13-17H2,1H3,(H,27,32)/t18-,22+/m1/s1. The molecule has 2 aliphatic rings. The second kappa shape index (κ2) is 10.0. The molecule has 0 unspecified atom stereocenters. The second-order valence-corrected chi connectivity index (χ2v) is 10.0. The Hall–Kier alpha value is -3.13. The minimum atomic E-state index is -0.633. The number of carbonyl (C=O) groups excluding carboxylic acids is 2. The summed E-state index contributed by atoms with van der Waals surface area (Å²) in [4.78, 5) is 34.8. The van der Waals surface area contributed by atoms with Crippen molar-refractivity contribution in [1.82, 2.24) is 15.2 Å². The van der Waals surface area contributed by atoms with Gasteiger partial charge in [0.15, 0.2) is 6.10 Å². The first-order chi connectivity index (χ1) is 16.6. The van der Waals surface area contributed by atoms with Crippen molar-refractivity contribution in [2.75, 3.05) is 37.6 Å². The minimum absolute atomic E-state index is 0.0789. The Kier molecular flexibility index (Phi) is 6.67. The number of anilines is 1. The van der Waals surface area contributed by atoms with Gasteiger partial charge in [-0.05, 0) is 43.5 Å². The van der Waals surface area contributed by atoms with Crippen molar-refractivity contribution in [2.45, 2.75) is 38.2 Å². The normalized spacial score (nSPS) is 20.0. The molecule has 2 amide bonds. The number of benzene rings is 2. The van der Waals surface area contributed by atoms with Gasteiger partial charge < -0.3 is 19.9 Å². The van der Waals surface area contributed by atoms with Gasteiger partial charge in [0.1, 0.15) is 5.75 Å². The Labute approximate surface area is 203 Å². The van der Waals surface area contributed by atoms with E-state index in [1.165, 1.54) is 4.70 Å². The molecule has 2 aromatic carbocycles. The molecular formula is C26H30N4O3S. The fraction of sp³-hybridized carbons (Fsp3) is 0.423. The van der Waals surface area contributed by atoms with Crippen molar-refractivity contribution < 1.29 is 14.3 Å². The number of ether oxygens (including phenoxy) is 1. The number of nitrogens with one attached hydrogen (secondary N) is 1. The predicted octanol–water partition coefficient (Wildman–Crippen LogP) is 3.80. The summed E-state index contributed by atoms with van der Waals surface area (Å²) in [5.41, 5.74) is 1.89. The number of likely N-dealkylation sites (tertiary alicyclic amines) is 1. The summed E-state index contributed by atoms with van der Waals surface area (Å²) < 4.78 is 7.16. The van der Waals surface area contributed by atoms with Crippen LogP contribution < -0.4 is 15.0 Å². The number of aromatic nitrogens is 1. The molecule has 178 valence electrons. The highest BCUT2D eigenvalue weighted by Crippen LogP contribution is 2.35. The lowest BCUT2D eigenvalue weighted by Gasteiger charge is -2.38. The molecule has 1 saturated heterocycles. The molecule has 8 heteroatoms. The topological polar surface area (TPSA) is 74.8 Å². The summed E-state index contributed by atoms with van der Waals surface area (Å²) in [6, 6.07) is 15.8. The quantitative estimate of drug-likeness (QED) is 0.583. The second-order valence-electron chi connectivity index (χ2n) is 8.94. The Morgan fingerprint density at radius 2 is 1.97 bits per heavy atom. The highest BCUT2D eigenvalue weighted by Gasteiger charge is 2.33. The monoisotopic (exact) mass is 478 g/mol. The van der Waals surface area contributed by atoms with Gasteiger partial charge in [0, 0.05) is 25.6 Å². The van der Waals surface area contributed by atoms with Crippen molar-refractivity contribution in [3.8, 4) is 5.75 Å². The maximum atomic E-state index is 13.4. The van der Waals surface area contributed by atoms with Gasteiger partial charge in [-0.3, -0.25) is 9.59 Å². The van der Waals surface area contributed by atoms with E-state index in [1.54, 1.807) is 11.3 Å². The van der Waals surface area contributed by atoms with Gasteiger partial charge in [-0.25, -0.2) is 4.98 Å². The number of hydrogen-bond donors (Lipinski definition) is 1. The summed E-state index contributed by atoms with van der Waals surface area (Å²) in [5.74, 6) is 0.849. The van der Waals surface area contributed by atoms with Gasteiger partial charge in [0.05, 0.1) is 34.0 Å². The molecule has 0 radical (unpaired) electrons. The van der Waals surface area contributed by atoms with Gasteiger partial charge in [-0.15, -0.1) is 11.3 Å². The molecule has 1 aromatic heterocycles. The minimum Gasteiger partial charge on any atom is -0.477 e. The van der Waals surface area contributed by atoms with Gasteiger partial charge >= 0.3 is 0 Å². The molecule has 34 heavy (non-hydrogen) atoms. The smallest absolute Gasteiger partial charge is 0.262 e. The number of thiazole rings is 1. The SMILES string of the molecule is CCCNC(=O)[C@@H]1CN(CC(=O)N2CCC[C@@H](c3nc4ccccc4s3)C2)c2ccccc2O1. The first-order valence-corrected chi connectivity index (χ1v) is 12.9. The van der Waals surface area contributed by atoms with Crippen LogP contribution in [0.3, 0.4) is 0 Å². The van der Waals surface area contributed by atoms with E-state index in [9.17, 15) is 9.59 Å². The third-order valence-electron chi connectivity index (χ3n) is 6.46. The number of amides is 2. The number of piperidine rings is 1. The molecule has 7 nitrogen and oxygen atoms in total. The average Bonchev–Trinajstić information content (AvgIpc) is 3.32. The Morgan fingerprint density at radius 3 is 2.82 bits per heavy atom. The fourth-order valence-electron chi connectivity index (χ4n) is 4.69. The van der Waals surface area contributed by atoms with Crippen LogP contribution in [0.1, 0.15) is 37.1 Å². The van der Waals surface area contributed by atoms with Crippen molar-refractivity contribution in [2.24, 2.45) is 0 Å². The molecule has 0 spiro atoms. The Bertz CT molecular complexity index is 1150. The predicted molar refractivity (Wildman–Crippen MR) is 135 cm³/mol. The molecule has 2 aliphatic heterocycles. The van der Waals surface area contributed by atoms with Crippen LogP contribution in [0.2, 0.25) is 0 Å². The maximum absolute atomic E-state index is 13.4. The van der Waals surface area contributed by atoms with E-state index in [-0.39, 0.29) is 24.3 Å². The van der Waals surface area contributed by atoms with Gasteiger partial charge in [0.25, 0.3) is 5.91 Å².